The number of nitrogens with zero attached hydrogens (tertiary/aromatic N) is 3. The lowest BCUT2D eigenvalue weighted by molar-refractivity contribution is -0.123. The number of rotatable bonds is 2. The summed E-state index contributed by atoms with van der Waals surface area (Å²) in [7, 11) is 2.08. The van der Waals surface area contributed by atoms with Crippen molar-refractivity contribution in [1.82, 2.24) is 9.80 Å². The predicted molar refractivity (Wildman–Crippen MR) is 84.1 cm³/mol. The molecule has 1 aromatic rings. The Morgan fingerprint density at radius 2 is 1.67 bits per heavy atom. The van der Waals surface area contributed by atoms with Crippen LogP contribution < -0.4 is 4.90 Å². The lowest BCUT2D eigenvalue weighted by atomic mass is 10.2. The number of benzene rings is 1. The Morgan fingerprint density at radius 1 is 1.05 bits per heavy atom. The molecule has 2 amide bonds. The topological polar surface area (TPSA) is 43.9 Å². The van der Waals surface area contributed by atoms with Crippen LogP contribution in [0.2, 0.25) is 0 Å². The van der Waals surface area contributed by atoms with Crippen molar-refractivity contribution in [2.75, 3.05) is 38.1 Å². The minimum Gasteiger partial charge on any atom is -0.304 e. The molecule has 0 radical (unpaired) electrons. The molecule has 0 N–H and O–H groups in total. The van der Waals surface area contributed by atoms with Crippen LogP contribution in [0.15, 0.2) is 28.7 Å². The number of carbonyl (C=O) groups excluding carboxylic acids is 2. The normalized spacial score (nSPS) is 24.9. The van der Waals surface area contributed by atoms with Crippen LogP contribution in [0.3, 0.4) is 0 Å². The van der Waals surface area contributed by atoms with Crippen molar-refractivity contribution in [2.45, 2.75) is 12.5 Å². The minimum absolute atomic E-state index is 0.0909. The van der Waals surface area contributed by atoms with Gasteiger partial charge in [-0.3, -0.25) is 14.5 Å². The smallest absolute Gasteiger partial charge is 0.251 e. The van der Waals surface area contributed by atoms with E-state index in [2.05, 4.69) is 32.8 Å². The Kier molecular flexibility index (Phi) is 4.10. The van der Waals surface area contributed by atoms with Crippen molar-refractivity contribution in [1.29, 1.82) is 0 Å². The maximum atomic E-state index is 12.6. The molecule has 6 heteroatoms. The second kappa shape index (κ2) is 5.87. The zero-order valence-electron chi connectivity index (χ0n) is 12.0. The monoisotopic (exact) mass is 351 g/mol. The van der Waals surface area contributed by atoms with Crippen molar-refractivity contribution in [2.24, 2.45) is 0 Å². The number of halogens is 1. The van der Waals surface area contributed by atoms with Gasteiger partial charge in [-0.1, -0.05) is 15.9 Å². The lowest BCUT2D eigenvalue weighted by Crippen LogP contribution is -2.51. The summed E-state index contributed by atoms with van der Waals surface area (Å²) in [6.07, 6.45) is 0.290. The fourth-order valence-electron chi connectivity index (χ4n) is 2.90. The van der Waals surface area contributed by atoms with Crippen LogP contribution in [0.5, 0.6) is 0 Å². The molecule has 112 valence electrons. The molecular formula is C15H18BrN3O2. The van der Waals surface area contributed by atoms with Crippen LogP contribution in [0.25, 0.3) is 0 Å². The molecule has 2 saturated heterocycles. The summed E-state index contributed by atoms with van der Waals surface area (Å²) >= 11 is 3.36. The SMILES string of the molecule is CN1CCN(C2CC(=O)N(c3ccc(Br)cc3)C2=O)CC1. The van der Waals surface area contributed by atoms with E-state index in [0.29, 0.717) is 12.1 Å². The van der Waals surface area contributed by atoms with Gasteiger partial charge in [-0.2, -0.15) is 0 Å². The highest BCUT2D eigenvalue weighted by Crippen LogP contribution is 2.27. The summed E-state index contributed by atoms with van der Waals surface area (Å²) in [6.45, 7) is 3.56. The maximum Gasteiger partial charge on any atom is 0.251 e. The number of carbonyl (C=O) groups is 2. The molecule has 5 nitrogen and oxygen atoms in total. The van der Waals surface area contributed by atoms with Gasteiger partial charge in [0.2, 0.25) is 5.91 Å². The highest BCUT2D eigenvalue weighted by Gasteiger charge is 2.43. The lowest BCUT2D eigenvalue weighted by Gasteiger charge is -2.35. The maximum absolute atomic E-state index is 12.6. The molecule has 2 fully saturated rings. The highest BCUT2D eigenvalue weighted by atomic mass is 79.9. The van der Waals surface area contributed by atoms with Crippen molar-refractivity contribution in [3.8, 4) is 0 Å². The number of anilines is 1. The van der Waals surface area contributed by atoms with Crippen molar-refractivity contribution in [3.05, 3.63) is 28.7 Å². The quantitative estimate of drug-likeness (QED) is 0.754. The Labute approximate surface area is 132 Å². The number of hydrogen-bond donors (Lipinski definition) is 0. The highest BCUT2D eigenvalue weighted by molar-refractivity contribution is 9.10. The average Bonchev–Trinajstić information content (AvgIpc) is 2.76. The van der Waals surface area contributed by atoms with E-state index in [-0.39, 0.29) is 17.9 Å². The fourth-order valence-corrected chi connectivity index (χ4v) is 3.16. The molecule has 3 rings (SSSR count). The van der Waals surface area contributed by atoms with E-state index < -0.39 is 0 Å². The van der Waals surface area contributed by atoms with E-state index in [1.165, 1.54) is 4.90 Å². The van der Waals surface area contributed by atoms with Crippen molar-refractivity contribution < 1.29 is 9.59 Å². The van der Waals surface area contributed by atoms with Crippen LogP contribution in [0.1, 0.15) is 6.42 Å². The zero-order valence-corrected chi connectivity index (χ0v) is 13.5. The third-order valence-electron chi connectivity index (χ3n) is 4.19. The van der Waals surface area contributed by atoms with E-state index in [1.807, 2.05) is 12.1 Å². The molecule has 0 aromatic heterocycles. The first-order valence-corrected chi connectivity index (χ1v) is 7.90. The first-order chi connectivity index (χ1) is 10.1. The van der Waals surface area contributed by atoms with E-state index in [1.54, 1.807) is 12.1 Å². The van der Waals surface area contributed by atoms with Crippen molar-refractivity contribution in [3.63, 3.8) is 0 Å². The Morgan fingerprint density at radius 3 is 2.29 bits per heavy atom. The second-order valence-electron chi connectivity index (χ2n) is 5.60. The van der Waals surface area contributed by atoms with Crippen molar-refractivity contribution >= 4 is 33.4 Å². The third kappa shape index (κ3) is 2.88. The molecule has 21 heavy (non-hydrogen) atoms. The van der Waals surface area contributed by atoms with Crippen LogP contribution in [-0.2, 0) is 9.59 Å². The molecule has 2 aliphatic heterocycles. The Balaban J connectivity index is 1.77. The first kappa shape index (κ1) is 14.7. The summed E-state index contributed by atoms with van der Waals surface area (Å²) < 4.78 is 0.931. The van der Waals surface area contributed by atoms with E-state index in [9.17, 15) is 9.59 Å². The second-order valence-corrected chi connectivity index (χ2v) is 6.52. The van der Waals surface area contributed by atoms with Gasteiger partial charge < -0.3 is 4.90 Å². The molecular weight excluding hydrogens is 334 g/mol. The summed E-state index contributed by atoms with van der Waals surface area (Å²) in [6, 6.07) is 6.99. The van der Waals surface area contributed by atoms with Gasteiger partial charge >= 0.3 is 0 Å². The van der Waals surface area contributed by atoms with Crippen LogP contribution in [0.4, 0.5) is 5.69 Å². The molecule has 1 unspecified atom stereocenters. The Hall–Kier alpha value is -1.24. The minimum atomic E-state index is -0.296. The zero-order chi connectivity index (χ0) is 15.0. The molecule has 0 bridgehead atoms. The number of piperazine rings is 1. The van der Waals surface area contributed by atoms with E-state index in [0.717, 1.165) is 30.7 Å². The van der Waals surface area contributed by atoms with Gasteiger partial charge in [0.05, 0.1) is 18.2 Å². The molecule has 2 heterocycles. The summed E-state index contributed by atoms with van der Waals surface area (Å²) in [5, 5.41) is 0. The average molecular weight is 352 g/mol. The number of imide groups is 1. The van der Waals surface area contributed by atoms with E-state index in [4.69, 9.17) is 0 Å². The third-order valence-corrected chi connectivity index (χ3v) is 4.71. The van der Waals surface area contributed by atoms with Crippen LogP contribution in [-0.4, -0.2) is 60.9 Å². The predicted octanol–water partition coefficient (Wildman–Crippen LogP) is 1.33. The number of amides is 2. The summed E-state index contributed by atoms with van der Waals surface area (Å²) in [5.41, 5.74) is 0.657. The molecule has 1 aromatic carbocycles. The van der Waals surface area contributed by atoms with Gasteiger partial charge in [-0.15, -0.1) is 0 Å². The fraction of sp³-hybridized carbons (Fsp3) is 0.467. The van der Waals surface area contributed by atoms with Crippen LogP contribution >= 0.6 is 15.9 Å². The number of hydrogen-bond acceptors (Lipinski definition) is 4. The number of likely N-dealkylation sites (N-methyl/N-ethyl adjacent to an activating group) is 1. The van der Waals surface area contributed by atoms with Gasteiger partial charge in [-0.25, -0.2) is 4.90 Å². The largest absolute Gasteiger partial charge is 0.304 e. The van der Waals surface area contributed by atoms with Gasteiger partial charge in [0.1, 0.15) is 0 Å². The standard InChI is InChI=1S/C15H18BrN3O2/c1-17-6-8-18(9-7-17)13-10-14(20)19(15(13)21)12-4-2-11(16)3-5-12/h2-5,13H,6-10H2,1H3. The molecule has 1 atom stereocenters. The van der Waals surface area contributed by atoms with Gasteiger partial charge in [-0.05, 0) is 31.3 Å². The summed E-state index contributed by atoms with van der Waals surface area (Å²) in [5.74, 6) is -0.196. The van der Waals surface area contributed by atoms with Gasteiger partial charge in [0, 0.05) is 30.7 Å². The molecule has 0 aliphatic carbocycles. The molecule has 0 saturated carbocycles. The van der Waals surface area contributed by atoms with Gasteiger partial charge in [0.15, 0.2) is 0 Å². The van der Waals surface area contributed by atoms with E-state index >= 15 is 0 Å². The molecule has 0 spiro atoms. The first-order valence-electron chi connectivity index (χ1n) is 7.11. The van der Waals surface area contributed by atoms with Gasteiger partial charge in [0.25, 0.3) is 5.91 Å². The summed E-state index contributed by atoms with van der Waals surface area (Å²) in [4.78, 5) is 30.6. The Bertz CT molecular complexity index is 553. The van der Waals surface area contributed by atoms with Crippen LogP contribution in [0, 0.1) is 0 Å². The molecule has 2 aliphatic rings.